The van der Waals surface area contributed by atoms with Crippen LogP contribution in [-0.4, -0.2) is 26.6 Å². The van der Waals surface area contributed by atoms with Gasteiger partial charge in [-0.15, -0.1) is 0 Å². The first-order valence-electron chi connectivity index (χ1n) is 7.42. The van der Waals surface area contributed by atoms with E-state index in [1.165, 1.54) is 25.1 Å². The van der Waals surface area contributed by atoms with Gasteiger partial charge in [-0.3, -0.25) is 9.10 Å². The highest BCUT2D eigenvalue weighted by atomic mass is 35.5. The number of carbonyl (C=O) groups is 1. The van der Waals surface area contributed by atoms with Crippen LogP contribution in [0, 0.1) is 12.7 Å². The van der Waals surface area contributed by atoms with Gasteiger partial charge in [0, 0.05) is 10.7 Å². The number of sulfonamides is 1. The Bertz CT molecular complexity index is 903. The van der Waals surface area contributed by atoms with E-state index in [4.69, 9.17) is 11.6 Å². The normalized spacial score (nSPS) is 12.5. The van der Waals surface area contributed by atoms with Crippen LogP contribution in [-0.2, 0) is 14.8 Å². The number of aryl methyl sites for hydroxylation is 1. The minimum Gasteiger partial charge on any atom is -0.324 e. The van der Waals surface area contributed by atoms with Crippen LogP contribution in [0.2, 0.25) is 5.02 Å². The second kappa shape index (κ2) is 7.41. The summed E-state index contributed by atoms with van der Waals surface area (Å²) in [5.41, 5.74) is 1.05. The van der Waals surface area contributed by atoms with E-state index < -0.39 is 27.8 Å². The molecule has 0 spiro atoms. The van der Waals surface area contributed by atoms with Crippen molar-refractivity contribution in [2.24, 2.45) is 0 Å². The predicted octanol–water partition coefficient (Wildman–Crippen LogP) is 3.58. The molecule has 0 aromatic heterocycles. The van der Waals surface area contributed by atoms with Crippen molar-refractivity contribution in [3.05, 3.63) is 58.9 Å². The predicted molar refractivity (Wildman–Crippen MR) is 98.0 cm³/mol. The van der Waals surface area contributed by atoms with Gasteiger partial charge in [-0.05, 0) is 49.7 Å². The third kappa shape index (κ3) is 4.49. The van der Waals surface area contributed by atoms with E-state index in [0.717, 1.165) is 22.2 Å². The summed E-state index contributed by atoms with van der Waals surface area (Å²) in [5, 5.41) is 3.17. The number of halogens is 2. The van der Waals surface area contributed by atoms with Crippen molar-refractivity contribution in [3.8, 4) is 0 Å². The molecular formula is C17H18ClFN2O3S. The highest BCUT2D eigenvalue weighted by Crippen LogP contribution is 2.25. The average Bonchev–Trinajstić information content (AvgIpc) is 2.50. The van der Waals surface area contributed by atoms with Gasteiger partial charge in [0.05, 0.1) is 11.9 Å². The Labute approximate surface area is 151 Å². The monoisotopic (exact) mass is 384 g/mol. The number of para-hydroxylation sites is 1. The highest BCUT2D eigenvalue weighted by Gasteiger charge is 2.31. The van der Waals surface area contributed by atoms with Gasteiger partial charge in [0.1, 0.15) is 11.9 Å². The second-order valence-electron chi connectivity index (χ2n) is 5.63. The maximum absolute atomic E-state index is 14.1. The van der Waals surface area contributed by atoms with Crippen LogP contribution >= 0.6 is 11.6 Å². The molecule has 0 heterocycles. The van der Waals surface area contributed by atoms with Gasteiger partial charge >= 0.3 is 0 Å². The summed E-state index contributed by atoms with van der Waals surface area (Å²) in [4.78, 5) is 12.5. The van der Waals surface area contributed by atoms with Crippen LogP contribution < -0.4 is 9.62 Å². The largest absolute Gasteiger partial charge is 0.324 e. The van der Waals surface area contributed by atoms with Crippen LogP contribution in [0.25, 0.3) is 0 Å². The van der Waals surface area contributed by atoms with Crippen LogP contribution in [0.1, 0.15) is 12.5 Å². The minimum atomic E-state index is -3.88. The molecule has 0 saturated heterocycles. The number of carbonyl (C=O) groups excluding carboxylic acids is 1. The number of hydrogen-bond donors (Lipinski definition) is 1. The Kier molecular flexibility index (Phi) is 5.69. The number of benzene rings is 2. The number of nitrogens with one attached hydrogen (secondary N) is 1. The molecule has 0 aliphatic heterocycles. The molecule has 0 aliphatic rings. The smallest absolute Gasteiger partial charge is 0.248 e. The van der Waals surface area contributed by atoms with Gasteiger partial charge in [-0.2, -0.15) is 0 Å². The molecule has 1 atom stereocenters. The Morgan fingerprint density at radius 2 is 1.88 bits per heavy atom. The van der Waals surface area contributed by atoms with Crippen molar-refractivity contribution < 1.29 is 17.6 Å². The lowest BCUT2D eigenvalue weighted by molar-refractivity contribution is -0.116. The van der Waals surface area contributed by atoms with E-state index in [1.54, 1.807) is 25.1 Å². The summed E-state index contributed by atoms with van der Waals surface area (Å²) in [6, 6.07) is 9.16. The molecule has 1 amide bonds. The van der Waals surface area contributed by atoms with Gasteiger partial charge < -0.3 is 5.32 Å². The molecule has 0 unspecified atom stereocenters. The molecule has 0 saturated carbocycles. The lowest BCUT2D eigenvalue weighted by Crippen LogP contribution is -2.45. The minimum absolute atomic E-state index is 0.180. The Morgan fingerprint density at radius 3 is 2.44 bits per heavy atom. The maximum Gasteiger partial charge on any atom is 0.248 e. The summed E-state index contributed by atoms with van der Waals surface area (Å²) in [6.07, 6.45) is 0.927. The quantitative estimate of drug-likeness (QED) is 0.856. The summed E-state index contributed by atoms with van der Waals surface area (Å²) >= 11 is 5.88. The van der Waals surface area contributed by atoms with E-state index in [0.29, 0.717) is 10.7 Å². The lowest BCUT2D eigenvalue weighted by atomic mass is 10.2. The Morgan fingerprint density at radius 1 is 1.24 bits per heavy atom. The van der Waals surface area contributed by atoms with Crippen LogP contribution in [0.3, 0.4) is 0 Å². The SMILES string of the molecule is Cc1cc(Cl)ccc1NC(=O)[C@H](C)N(c1ccccc1F)S(C)(=O)=O. The van der Waals surface area contributed by atoms with E-state index in [2.05, 4.69) is 5.32 Å². The summed E-state index contributed by atoms with van der Waals surface area (Å²) in [5.74, 6) is -1.31. The molecule has 2 aromatic rings. The molecule has 2 aromatic carbocycles. The molecule has 0 radical (unpaired) electrons. The third-order valence-electron chi connectivity index (χ3n) is 3.62. The zero-order valence-electron chi connectivity index (χ0n) is 14.0. The first kappa shape index (κ1) is 19.2. The molecule has 0 fully saturated rings. The third-order valence-corrected chi connectivity index (χ3v) is 5.09. The molecule has 5 nitrogen and oxygen atoms in total. The second-order valence-corrected chi connectivity index (χ2v) is 7.93. The van der Waals surface area contributed by atoms with Crippen molar-refractivity contribution in [1.82, 2.24) is 0 Å². The molecule has 0 aliphatic carbocycles. The number of hydrogen-bond acceptors (Lipinski definition) is 3. The van der Waals surface area contributed by atoms with Gasteiger partial charge in [-0.25, -0.2) is 12.8 Å². The van der Waals surface area contributed by atoms with E-state index >= 15 is 0 Å². The van der Waals surface area contributed by atoms with Crippen molar-refractivity contribution in [1.29, 1.82) is 0 Å². The number of amides is 1. The summed E-state index contributed by atoms with van der Waals surface area (Å²) < 4.78 is 39.2. The fourth-order valence-corrected chi connectivity index (χ4v) is 3.82. The first-order valence-corrected chi connectivity index (χ1v) is 9.65. The molecule has 25 heavy (non-hydrogen) atoms. The molecule has 134 valence electrons. The van der Waals surface area contributed by atoms with Crippen molar-refractivity contribution in [3.63, 3.8) is 0 Å². The van der Waals surface area contributed by atoms with Crippen molar-refractivity contribution in [2.45, 2.75) is 19.9 Å². The number of rotatable bonds is 5. The highest BCUT2D eigenvalue weighted by molar-refractivity contribution is 7.92. The fourth-order valence-electron chi connectivity index (χ4n) is 2.42. The van der Waals surface area contributed by atoms with Gasteiger partial charge in [-0.1, -0.05) is 23.7 Å². The van der Waals surface area contributed by atoms with E-state index in [9.17, 15) is 17.6 Å². The summed E-state index contributed by atoms with van der Waals surface area (Å²) in [6.45, 7) is 3.16. The van der Waals surface area contributed by atoms with Crippen LogP contribution in [0.15, 0.2) is 42.5 Å². The van der Waals surface area contributed by atoms with Gasteiger partial charge in [0.15, 0.2) is 0 Å². The van der Waals surface area contributed by atoms with Gasteiger partial charge in [0.2, 0.25) is 15.9 Å². The Hall–Kier alpha value is -2.12. The topological polar surface area (TPSA) is 66.5 Å². The molecule has 0 bridgehead atoms. The van der Waals surface area contributed by atoms with E-state index in [1.807, 2.05) is 0 Å². The molecule has 8 heteroatoms. The molecule has 2 rings (SSSR count). The Balaban J connectivity index is 2.35. The average molecular weight is 385 g/mol. The number of nitrogens with zero attached hydrogens (tertiary/aromatic N) is 1. The zero-order valence-corrected chi connectivity index (χ0v) is 15.5. The maximum atomic E-state index is 14.1. The number of anilines is 2. The van der Waals surface area contributed by atoms with Crippen molar-refractivity contribution in [2.75, 3.05) is 15.9 Å². The zero-order chi connectivity index (χ0) is 18.8. The first-order chi connectivity index (χ1) is 11.6. The van der Waals surface area contributed by atoms with E-state index in [-0.39, 0.29) is 5.69 Å². The fraction of sp³-hybridized carbons (Fsp3) is 0.235. The molecular weight excluding hydrogens is 367 g/mol. The standard InChI is InChI=1S/C17H18ClFN2O3S/c1-11-10-13(18)8-9-15(11)20-17(22)12(2)21(25(3,23)24)16-7-5-4-6-14(16)19/h4-10,12H,1-3H3,(H,20,22)/t12-/m0/s1. The van der Waals surface area contributed by atoms with Gasteiger partial charge in [0.25, 0.3) is 0 Å². The lowest BCUT2D eigenvalue weighted by Gasteiger charge is -2.28. The molecule has 1 N–H and O–H groups in total. The van der Waals surface area contributed by atoms with Crippen LogP contribution in [0.5, 0.6) is 0 Å². The van der Waals surface area contributed by atoms with Crippen LogP contribution in [0.4, 0.5) is 15.8 Å². The van der Waals surface area contributed by atoms with Crippen molar-refractivity contribution >= 4 is 38.9 Å². The summed E-state index contributed by atoms with van der Waals surface area (Å²) in [7, 11) is -3.88.